The molecule has 0 radical (unpaired) electrons. The molecule has 0 aromatic rings. The number of rotatable bonds is 4. The van der Waals surface area contributed by atoms with Crippen LogP contribution in [0, 0.1) is 0 Å². The number of carbonyl (C=O) groups is 1. The van der Waals surface area contributed by atoms with Crippen molar-refractivity contribution in [2.45, 2.75) is 20.0 Å². The number of nitrogens with zero attached hydrogens (tertiary/aromatic N) is 1. The van der Waals surface area contributed by atoms with Crippen LogP contribution in [0.2, 0.25) is 0 Å². The first-order valence-electron chi connectivity index (χ1n) is 4.38. The van der Waals surface area contributed by atoms with E-state index in [-0.39, 0.29) is 12.1 Å². The molecule has 0 saturated carbocycles. The van der Waals surface area contributed by atoms with Gasteiger partial charge in [-0.2, -0.15) is 0 Å². The molecule has 0 bridgehead atoms. The standard InChI is InChI=1S/C8H16N2O2/c1-3-12-7(2)6-10-5-4-9-8(10)11/h7H,3-6H2,1-2H3,(H,9,11). The van der Waals surface area contributed by atoms with Crippen molar-refractivity contribution < 1.29 is 9.53 Å². The number of hydrogen-bond donors (Lipinski definition) is 1. The minimum Gasteiger partial charge on any atom is -0.377 e. The molecule has 12 heavy (non-hydrogen) atoms. The van der Waals surface area contributed by atoms with Crippen molar-refractivity contribution in [1.82, 2.24) is 10.2 Å². The van der Waals surface area contributed by atoms with Crippen LogP contribution in [0.25, 0.3) is 0 Å². The molecule has 0 spiro atoms. The van der Waals surface area contributed by atoms with E-state index in [2.05, 4.69) is 5.32 Å². The fourth-order valence-electron chi connectivity index (χ4n) is 1.33. The van der Waals surface area contributed by atoms with Gasteiger partial charge in [0.05, 0.1) is 6.10 Å². The van der Waals surface area contributed by atoms with Gasteiger partial charge in [0, 0.05) is 26.2 Å². The zero-order valence-electron chi connectivity index (χ0n) is 7.67. The second kappa shape index (κ2) is 4.30. The van der Waals surface area contributed by atoms with Crippen LogP contribution in [0.4, 0.5) is 4.79 Å². The molecule has 1 aliphatic heterocycles. The molecule has 0 aromatic heterocycles. The average molecular weight is 172 g/mol. The number of ether oxygens (including phenoxy) is 1. The smallest absolute Gasteiger partial charge is 0.317 e. The van der Waals surface area contributed by atoms with Crippen molar-refractivity contribution in [3.05, 3.63) is 0 Å². The SMILES string of the molecule is CCOC(C)CN1CCNC1=O. The number of hydrogen-bond acceptors (Lipinski definition) is 2. The molecular formula is C8H16N2O2. The lowest BCUT2D eigenvalue weighted by atomic mass is 10.4. The van der Waals surface area contributed by atoms with Crippen molar-refractivity contribution in [3.63, 3.8) is 0 Å². The summed E-state index contributed by atoms with van der Waals surface area (Å²) in [6.07, 6.45) is 0.138. The van der Waals surface area contributed by atoms with E-state index in [4.69, 9.17) is 4.74 Å². The van der Waals surface area contributed by atoms with Crippen LogP contribution in [0.5, 0.6) is 0 Å². The summed E-state index contributed by atoms with van der Waals surface area (Å²) >= 11 is 0. The predicted molar refractivity (Wildman–Crippen MR) is 46.1 cm³/mol. The van der Waals surface area contributed by atoms with E-state index in [1.165, 1.54) is 0 Å². The number of urea groups is 1. The Kier molecular flexibility index (Phi) is 3.34. The number of carbonyl (C=O) groups excluding carboxylic acids is 1. The van der Waals surface area contributed by atoms with E-state index in [9.17, 15) is 4.79 Å². The van der Waals surface area contributed by atoms with Crippen LogP contribution in [-0.4, -0.2) is 43.3 Å². The van der Waals surface area contributed by atoms with E-state index in [0.29, 0.717) is 13.2 Å². The van der Waals surface area contributed by atoms with Gasteiger partial charge in [0.25, 0.3) is 0 Å². The quantitative estimate of drug-likeness (QED) is 0.668. The maximum Gasteiger partial charge on any atom is 0.317 e. The molecule has 1 saturated heterocycles. The van der Waals surface area contributed by atoms with Crippen molar-refractivity contribution in [2.75, 3.05) is 26.2 Å². The lowest BCUT2D eigenvalue weighted by Crippen LogP contribution is -2.35. The Labute approximate surface area is 72.9 Å². The minimum absolute atomic E-state index is 0.0292. The summed E-state index contributed by atoms with van der Waals surface area (Å²) in [6, 6.07) is 0.0292. The van der Waals surface area contributed by atoms with Crippen molar-refractivity contribution >= 4 is 6.03 Å². The molecule has 1 atom stereocenters. The summed E-state index contributed by atoms with van der Waals surface area (Å²) in [5, 5.41) is 2.75. The largest absolute Gasteiger partial charge is 0.377 e. The summed E-state index contributed by atoms with van der Waals surface area (Å²) in [7, 11) is 0. The minimum atomic E-state index is 0.0292. The number of nitrogens with one attached hydrogen (secondary N) is 1. The molecule has 4 heteroatoms. The van der Waals surface area contributed by atoms with Gasteiger partial charge in [0.1, 0.15) is 0 Å². The Bertz CT molecular complexity index is 161. The summed E-state index contributed by atoms with van der Waals surface area (Å²) in [5.41, 5.74) is 0. The molecule has 70 valence electrons. The van der Waals surface area contributed by atoms with Crippen LogP contribution in [0.1, 0.15) is 13.8 Å². The van der Waals surface area contributed by atoms with Crippen molar-refractivity contribution in [3.8, 4) is 0 Å². The van der Waals surface area contributed by atoms with Crippen LogP contribution < -0.4 is 5.32 Å². The van der Waals surface area contributed by atoms with E-state index in [1.54, 1.807) is 4.90 Å². The maximum absolute atomic E-state index is 11.1. The summed E-state index contributed by atoms with van der Waals surface area (Å²) in [4.78, 5) is 12.9. The lowest BCUT2D eigenvalue weighted by Gasteiger charge is -2.19. The predicted octanol–water partition coefficient (Wildman–Crippen LogP) is 0.437. The first-order chi connectivity index (χ1) is 5.74. The highest BCUT2D eigenvalue weighted by Gasteiger charge is 2.20. The number of amides is 2. The van der Waals surface area contributed by atoms with Crippen LogP contribution in [0.15, 0.2) is 0 Å². The maximum atomic E-state index is 11.1. The zero-order valence-corrected chi connectivity index (χ0v) is 7.67. The van der Waals surface area contributed by atoms with Gasteiger partial charge in [-0.15, -0.1) is 0 Å². The third kappa shape index (κ3) is 2.37. The normalized spacial score (nSPS) is 19.5. The Morgan fingerprint density at radius 1 is 1.75 bits per heavy atom. The van der Waals surface area contributed by atoms with Gasteiger partial charge in [0.15, 0.2) is 0 Å². The summed E-state index contributed by atoms with van der Waals surface area (Å²) < 4.78 is 5.33. The van der Waals surface area contributed by atoms with Gasteiger partial charge >= 0.3 is 6.03 Å². The Morgan fingerprint density at radius 3 is 3.00 bits per heavy atom. The van der Waals surface area contributed by atoms with Crippen LogP contribution in [-0.2, 0) is 4.74 Å². The van der Waals surface area contributed by atoms with E-state index < -0.39 is 0 Å². The summed E-state index contributed by atoms with van der Waals surface area (Å²) in [6.45, 7) is 6.90. The molecule has 1 N–H and O–H groups in total. The zero-order chi connectivity index (χ0) is 8.97. The second-order valence-corrected chi connectivity index (χ2v) is 2.94. The van der Waals surface area contributed by atoms with Gasteiger partial charge in [0.2, 0.25) is 0 Å². The van der Waals surface area contributed by atoms with Gasteiger partial charge < -0.3 is 15.0 Å². The highest BCUT2D eigenvalue weighted by molar-refractivity contribution is 5.76. The average Bonchev–Trinajstić information content (AvgIpc) is 2.37. The van der Waals surface area contributed by atoms with Gasteiger partial charge in [-0.25, -0.2) is 4.79 Å². The molecule has 1 fully saturated rings. The molecule has 1 aliphatic rings. The third-order valence-electron chi connectivity index (χ3n) is 1.87. The Morgan fingerprint density at radius 2 is 2.50 bits per heavy atom. The van der Waals surface area contributed by atoms with Gasteiger partial charge in [-0.1, -0.05) is 0 Å². The molecule has 1 unspecified atom stereocenters. The fraction of sp³-hybridized carbons (Fsp3) is 0.875. The third-order valence-corrected chi connectivity index (χ3v) is 1.87. The Balaban J connectivity index is 2.25. The first kappa shape index (κ1) is 9.32. The molecular weight excluding hydrogens is 156 g/mol. The van der Waals surface area contributed by atoms with Crippen molar-refractivity contribution in [2.24, 2.45) is 0 Å². The van der Waals surface area contributed by atoms with Crippen LogP contribution in [0.3, 0.4) is 0 Å². The molecule has 1 heterocycles. The molecule has 1 rings (SSSR count). The summed E-state index contributed by atoms with van der Waals surface area (Å²) in [5.74, 6) is 0. The van der Waals surface area contributed by atoms with E-state index in [0.717, 1.165) is 13.1 Å². The van der Waals surface area contributed by atoms with Gasteiger partial charge in [-0.3, -0.25) is 0 Å². The van der Waals surface area contributed by atoms with Crippen LogP contribution >= 0.6 is 0 Å². The second-order valence-electron chi connectivity index (χ2n) is 2.94. The van der Waals surface area contributed by atoms with E-state index in [1.807, 2.05) is 13.8 Å². The molecule has 0 aromatic carbocycles. The highest BCUT2D eigenvalue weighted by atomic mass is 16.5. The first-order valence-corrected chi connectivity index (χ1v) is 4.38. The molecule has 0 aliphatic carbocycles. The fourth-order valence-corrected chi connectivity index (χ4v) is 1.33. The monoisotopic (exact) mass is 172 g/mol. The van der Waals surface area contributed by atoms with Crippen molar-refractivity contribution in [1.29, 1.82) is 0 Å². The highest BCUT2D eigenvalue weighted by Crippen LogP contribution is 2.00. The van der Waals surface area contributed by atoms with E-state index >= 15 is 0 Å². The lowest BCUT2D eigenvalue weighted by molar-refractivity contribution is 0.0576. The Hall–Kier alpha value is -0.770. The molecule has 2 amide bonds. The topological polar surface area (TPSA) is 41.6 Å². The van der Waals surface area contributed by atoms with Gasteiger partial charge in [-0.05, 0) is 13.8 Å². The molecule has 4 nitrogen and oxygen atoms in total.